The number of rotatable bonds is 8. The normalized spacial score (nSPS) is 13.6. The Labute approximate surface area is 282 Å². The molecule has 2 aromatic heterocycles. The summed E-state index contributed by atoms with van der Waals surface area (Å²) in [5.74, 6) is 1.70. The second kappa shape index (κ2) is 13.4. The van der Waals surface area contributed by atoms with Crippen molar-refractivity contribution >= 4 is 33.5 Å². The first-order chi connectivity index (χ1) is 23.6. The van der Waals surface area contributed by atoms with Crippen LogP contribution in [0.1, 0.15) is 45.0 Å². The number of fused-ring (bicyclic) bond motifs is 2. The van der Waals surface area contributed by atoms with Crippen LogP contribution in [-0.2, 0) is 0 Å². The summed E-state index contributed by atoms with van der Waals surface area (Å²) in [6, 6.07) is 32.0. The molecule has 0 saturated carbocycles. The molecule has 1 unspecified atom stereocenters. The second-order valence-electron chi connectivity index (χ2n) is 11.8. The van der Waals surface area contributed by atoms with Gasteiger partial charge in [0.15, 0.2) is 0 Å². The molecule has 1 aliphatic rings. The molecule has 7 rings (SSSR count). The molecule has 3 heterocycles. The molecule has 0 spiro atoms. The first kappa shape index (κ1) is 30.7. The predicted molar refractivity (Wildman–Crippen MR) is 201 cm³/mol. The van der Waals surface area contributed by atoms with Gasteiger partial charge >= 0.3 is 0 Å². The van der Waals surface area contributed by atoms with E-state index in [0.717, 1.165) is 56.7 Å². The van der Waals surface area contributed by atoms with E-state index in [9.17, 15) is 0 Å². The van der Waals surface area contributed by atoms with Crippen molar-refractivity contribution in [1.29, 1.82) is 0 Å². The van der Waals surface area contributed by atoms with Gasteiger partial charge in [-0.1, -0.05) is 104 Å². The minimum absolute atomic E-state index is 0.0513. The molecule has 5 heteroatoms. The molecule has 4 aromatic carbocycles. The monoisotopic (exact) mass is 623 g/mol. The van der Waals surface area contributed by atoms with Crippen LogP contribution in [0.3, 0.4) is 0 Å². The maximum absolute atomic E-state index is 5.06. The molecule has 0 amide bonds. The van der Waals surface area contributed by atoms with E-state index in [1.807, 2.05) is 43.5 Å². The molecule has 6 aromatic rings. The van der Waals surface area contributed by atoms with Gasteiger partial charge in [-0.05, 0) is 79.3 Å². The zero-order chi connectivity index (χ0) is 33.0. The van der Waals surface area contributed by atoms with Crippen LogP contribution in [0.25, 0.3) is 50.0 Å². The first-order valence-corrected chi connectivity index (χ1v) is 16.4. The fourth-order valence-corrected chi connectivity index (χ4v) is 6.36. The Bertz CT molecular complexity index is 2230. The van der Waals surface area contributed by atoms with Gasteiger partial charge in [-0.25, -0.2) is 19.9 Å². The number of aromatic nitrogens is 4. The third-order valence-electron chi connectivity index (χ3n) is 8.72. The van der Waals surface area contributed by atoms with E-state index in [1.165, 1.54) is 21.9 Å². The van der Waals surface area contributed by atoms with Gasteiger partial charge in [-0.15, -0.1) is 0 Å². The van der Waals surface area contributed by atoms with Crippen LogP contribution < -0.4 is 4.90 Å². The molecule has 5 nitrogen and oxygen atoms in total. The van der Waals surface area contributed by atoms with E-state index in [-0.39, 0.29) is 5.92 Å². The van der Waals surface area contributed by atoms with Crippen LogP contribution in [0.4, 0.5) is 17.2 Å². The van der Waals surface area contributed by atoms with Crippen molar-refractivity contribution in [3.05, 3.63) is 157 Å². The Morgan fingerprint density at radius 3 is 2.25 bits per heavy atom. The van der Waals surface area contributed by atoms with Gasteiger partial charge in [-0.2, -0.15) is 0 Å². The van der Waals surface area contributed by atoms with Gasteiger partial charge < -0.3 is 0 Å². The van der Waals surface area contributed by atoms with E-state index in [1.54, 1.807) is 6.33 Å². The van der Waals surface area contributed by atoms with Gasteiger partial charge in [0.25, 0.3) is 0 Å². The number of nitrogens with zero attached hydrogens (tertiary/aromatic N) is 5. The average molecular weight is 624 g/mol. The number of hydrogen-bond donors (Lipinski definition) is 0. The third kappa shape index (κ3) is 5.75. The highest BCUT2D eigenvalue weighted by Crippen LogP contribution is 2.50. The zero-order valence-electron chi connectivity index (χ0n) is 27.7. The minimum atomic E-state index is 0.0513. The van der Waals surface area contributed by atoms with E-state index in [2.05, 4.69) is 134 Å². The van der Waals surface area contributed by atoms with Crippen molar-refractivity contribution in [2.45, 2.75) is 33.6 Å². The van der Waals surface area contributed by atoms with Crippen LogP contribution in [0.5, 0.6) is 0 Å². The van der Waals surface area contributed by atoms with E-state index >= 15 is 0 Å². The van der Waals surface area contributed by atoms with Crippen molar-refractivity contribution in [1.82, 2.24) is 19.9 Å². The lowest BCUT2D eigenvalue weighted by molar-refractivity contribution is 0.847. The molecule has 0 aliphatic carbocycles. The molecular weight excluding hydrogens is 587 g/mol. The number of benzene rings is 4. The summed E-state index contributed by atoms with van der Waals surface area (Å²) in [4.78, 5) is 21.6. The molecular formula is C43H37N5. The van der Waals surface area contributed by atoms with E-state index in [0.29, 0.717) is 0 Å². The van der Waals surface area contributed by atoms with Crippen LogP contribution >= 0.6 is 0 Å². The van der Waals surface area contributed by atoms with Gasteiger partial charge in [-0.3, -0.25) is 4.90 Å². The van der Waals surface area contributed by atoms with Crippen molar-refractivity contribution in [2.75, 3.05) is 4.90 Å². The predicted octanol–water partition coefficient (Wildman–Crippen LogP) is 11.4. The highest BCUT2D eigenvalue weighted by atomic mass is 15.2. The fraction of sp³-hybridized carbons (Fsp3) is 0.116. The van der Waals surface area contributed by atoms with Crippen molar-refractivity contribution in [3.63, 3.8) is 0 Å². The largest absolute Gasteiger partial charge is 0.294 e. The molecule has 0 radical (unpaired) electrons. The Kier molecular flexibility index (Phi) is 8.59. The second-order valence-corrected chi connectivity index (χ2v) is 11.8. The highest BCUT2D eigenvalue weighted by Gasteiger charge is 2.28. The minimum Gasteiger partial charge on any atom is -0.294 e. The summed E-state index contributed by atoms with van der Waals surface area (Å²) in [7, 11) is 0. The molecule has 0 bridgehead atoms. The molecule has 48 heavy (non-hydrogen) atoms. The van der Waals surface area contributed by atoms with Gasteiger partial charge in [0.05, 0.1) is 17.1 Å². The van der Waals surface area contributed by atoms with Gasteiger partial charge in [0, 0.05) is 39.9 Å². The summed E-state index contributed by atoms with van der Waals surface area (Å²) in [6.07, 6.45) is 18.2. The Hall–Kier alpha value is -5.94. The number of anilines is 3. The van der Waals surface area contributed by atoms with E-state index in [4.69, 9.17) is 15.0 Å². The summed E-state index contributed by atoms with van der Waals surface area (Å²) in [5, 5.41) is 2.37. The molecule has 0 saturated heterocycles. The average Bonchev–Trinajstić information content (AvgIpc) is 3.14. The fourth-order valence-electron chi connectivity index (χ4n) is 6.36. The molecule has 234 valence electrons. The van der Waals surface area contributed by atoms with Crippen molar-refractivity contribution in [2.24, 2.45) is 0 Å². The quantitative estimate of drug-likeness (QED) is 0.158. The Morgan fingerprint density at radius 1 is 0.750 bits per heavy atom. The SMILES string of the molecule is C/C=C\C=C/C(C)c1nc(-c2ccccc2)cc(-c2ccc(N3c4ncncc4-c4cc(C(/C=C\C)=C/C)cc5cccc3c45)cc2)n1. The number of allylic oxidation sites excluding steroid dienone is 8. The summed E-state index contributed by atoms with van der Waals surface area (Å²) in [5.41, 5.74) is 10.5. The van der Waals surface area contributed by atoms with Crippen molar-refractivity contribution < 1.29 is 0 Å². The van der Waals surface area contributed by atoms with Crippen LogP contribution in [0.15, 0.2) is 146 Å². The zero-order valence-corrected chi connectivity index (χ0v) is 27.7. The molecule has 1 atom stereocenters. The third-order valence-corrected chi connectivity index (χ3v) is 8.72. The standard InChI is InChI=1S/C43H37N5/c1-5-8-10-15-29(4)42-46-38(31-16-11-9-12-17-31)26-39(47-42)32-20-22-35(23-21-32)48-40-19-13-18-33-24-34(30(7-3)14-6-2)25-36(41(33)40)37-27-44-28-45-43(37)48/h5-29H,1-4H3/b8-5-,14-6-,15-10-,30-7+. The summed E-state index contributed by atoms with van der Waals surface area (Å²) >= 11 is 0. The maximum atomic E-state index is 5.06. The Morgan fingerprint density at radius 2 is 1.52 bits per heavy atom. The van der Waals surface area contributed by atoms with E-state index < -0.39 is 0 Å². The van der Waals surface area contributed by atoms with Gasteiger partial charge in [0.1, 0.15) is 18.0 Å². The first-order valence-electron chi connectivity index (χ1n) is 16.4. The smallest absolute Gasteiger partial charge is 0.148 e. The number of hydrogen-bond acceptors (Lipinski definition) is 5. The lowest BCUT2D eigenvalue weighted by atomic mass is 9.89. The summed E-state index contributed by atoms with van der Waals surface area (Å²) < 4.78 is 0. The Balaban J connectivity index is 1.33. The van der Waals surface area contributed by atoms with Crippen LogP contribution in [0, 0.1) is 0 Å². The van der Waals surface area contributed by atoms with Crippen LogP contribution in [0.2, 0.25) is 0 Å². The maximum Gasteiger partial charge on any atom is 0.148 e. The summed E-state index contributed by atoms with van der Waals surface area (Å²) in [6.45, 7) is 8.28. The topological polar surface area (TPSA) is 54.8 Å². The lowest BCUT2D eigenvalue weighted by Crippen LogP contribution is -2.17. The van der Waals surface area contributed by atoms with Crippen LogP contribution in [-0.4, -0.2) is 19.9 Å². The molecule has 1 aliphatic heterocycles. The highest BCUT2D eigenvalue weighted by molar-refractivity contribution is 6.14. The van der Waals surface area contributed by atoms with Gasteiger partial charge in [0.2, 0.25) is 0 Å². The molecule has 0 N–H and O–H groups in total. The molecule has 0 fully saturated rings. The lowest BCUT2D eigenvalue weighted by Gasteiger charge is -2.32. The van der Waals surface area contributed by atoms with Crippen molar-refractivity contribution in [3.8, 4) is 33.6 Å².